The third-order valence-electron chi connectivity index (χ3n) is 2.23. The highest BCUT2D eigenvalue weighted by Crippen LogP contribution is 2.17. The molecule has 0 saturated heterocycles. The molecule has 2 rings (SSSR count). The third kappa shape index (κ3) is 2.79. The monoisotopic (exact) mass is 241 g/mol. The summed E-state index contributed by atoms with van der Waals surface area (Å²) in [5.41, 5.74) is 0.519. The third-order valence-corrected chi connectivity index (χ3v) is 2.61. The molecule has 0 fully saturated rings. The van der Waals surface area contributed by atoms with E-state index in [0.717, 1.165) is 5.30 Å². The lowest BCUT2D eigenvalue weighted by Gasteiger charge is -2.11. The van der Waals surface area contributed by atoms with E-state index >= 15 is 0 Å². The van der Waals surface area contributed by atoms with Crippen molar-refractivity contribution in [2.45, 2.75) is 0 Å². The highest BCUT2D eigenvalue weighted by Gasteiger charge is 2.07. The van der Waals surface area contributed by atoms with Crippen molar-refractivity contribution < 1.29 is 4.74 Å². The largest absolute Gasteiger partial charge is 0.763 e. The second-order valence-electron chi connectivity index (χ2n) is 3.49. The minimum Gasteiger partial charge on any atom is -0.763 e. The summed E-state index contributed by atoms with van der Waals surface area (Å²) in [7, 11) is 2.60. The minimum atomic E-state index is 0.208. The van der Waals surface area contributed by atoms with Crippen LogP contribution in [-0.2, 0) is 0 Å². The van der Waals surface area contributed by atoms with Crippen molar-refractivity contribution in [1.82, 2.24) is 0 Å². The van der Waals surface area contributed by atoms with Crippen LogP contribution in [0.25, 0.3) is 5.41 Å². The van der Waals surface area contributed by atoms with Crippen LogP contribution in [0, 0.1) is 5.41 Å². The zero-order valence-electron chi connectivity index (χ0n) is 8.97. The van der Waals surface area contributed by atoms with E-state index in [0.29, 0.717) is 17.1 Å². The summed E-state index contributed by atoms with van der Waals surface area (Å²) in [5, 5.41) is 17.4. The average Bonchev–Trinajstić information content (AvgIpc) is 2.34. The van der Waals surface area contributed by atoms with E-state index in [-0.39, 0.29) is 5.71 Å². The quantitative estimate of drug-likeness (QED) is 0.626. The van der Waals surface area contributed by atoms with Gasteiger partial charge in [-0.25, -0.2) is 0 Å². The number of nitrogens with one attached hydrogen (secondary N) is 1. The van der Waals surface area contributed by atoms with Gasteiger partial charge in [-0.2, -0.15) is 0 Å². The summed E-state index contributed by atoms with van der Waals surface area (Å²) in [6.07, 6.45) is 4.80. The molecule has 0 radical (unpaired) electrons. The average molecular weight is 241 g/mol. The van der Waals surface area contributed by atoms with Gasteiger partial charge in [-0.15, -0.1) is 9.24 Å². The summed E-state index contributed by atoms with van der Waals surface area (Å²) in [6.45, 7) is 0. The number of rotatable bonds is 2. The second-order valence-corrected chi connectivity index (χ2v) is 4.16. The first kappa shape index (κ1) is 11.5. The number of ether oxygens (including phenoxy) is 1. The molecule has 0 bridgehead atoms. The van der Waals surface area contributed by atoms with Crippen molar-refractivity contribution in [2.24, 2.45) is 0 Å². The van der Waals surface area contributed by atoms with Crippen LogP contribution in [0.5, 0.6) is 5.75 Å². The van der Waals surface area contributed by atoms with E-state index in [9.17, 15) is 0 Å². The van der Waals surface area contributed by atoms with Crippen LogP contribution in [0.3, 0.4) is 0 Å². The maximum atomic E-state index is 8.82. The summed E-state index contributed by atoms with van der Waals surface area (Å²) in [6, 6.07) is 7.54. The summed E-state index contributed by atoms with van der Waals surface area (Å²) < 4.78 is 5.59. The van der Waals surface area contributed by atoms with Crippen molar-refractivity contribution in [3.05, 3.63) is 59.2 Å². The zero-order chi connectivity index (χ0) is 12.3. The molecular formula is C13H10N2OP-. The number of benzene rings is 1. The van der Waals surface area contributed by atoms with Crippen LogP contribution in [0.2, 0.25) is 0 Å². The van der Waals surface area contributed by atoms with Crippen molar-refractivity contribution in [1.29, 1.82) is 5.41 Å². The molecule has 0 aliphatic heterocycles. The van der Waals surface area contributed by atoms with Gasteiger partial charge in [-0.3, -0.25) is 11.3 Å². The van der Waals surface area contributed by atoms with Crippen LogP contribution in [-0.4, -0.2) is 11.6 Å². The molecule has 1 atom stereocenters. The Labute approximate surface area is 102 Å². The van der Waals surface area contributed by atoms with E-state index in [2.05, 4.69) is 9.24 Å². The van der Waals surface area contributed by atoms with E-state index in [1.165, 1.54) is 0 Å². The lowest BCUT2D eigenvalue weighted by Crippen LogP contribution is -2.05. The molecule has 0 aromatic heterocycles. The fourth-order valence-electron chi connectivity index (χ4n) is 1.35. The molecule has 1 unspecified atom stereocenters. The Morgan fingerprint density at radius 2 is 1.88 bits per heavy atom. The van der Waals surface area contributed by atoms with Crippen molar-refractivity contribution >= 4 is 26.1 Å². The van der Waals surface area contributed by atoms with E-state index in [1.54, 1.807) is 18.2 Å². The highest BCUT2D eigenvalue weighted by molar-refractivity contribution is 7.27. The van der Waals surface area contributed by atoms with Gasteiger partial charge in [0.15, 0.2) is 0 Å². The van der Waals surface area contributed by atoms with E-state index < -0.39 is 0 Å². The predicted octanol–water partition coefficient (Wildman–Crippen LogP) is 2.20. The topological polar surface area (TPSA) is 55.4 Å². The molecule has 4 heteroatoms. The molecule has 0 spiro atoms. The molecule has 0 saturated carbocycles. The van der Waals surface area contributed by atoms with Crippen LogP contribution >= 0.6 is 9.24 Å². The standard InChI is InChI=1S/C13H10N2OP/c14-8-9-7-11(3-6-13(9)15)16-10-1-4-12(17)5-2-10/h1-7,15H,17H2/q-1. The molecule has 1 N–H and O–H groups in total. The van der Waals surface area contributed by atoms with Gasteiger partial charge in [0, 0.05) is 5.57 Å². The number of allylic oxidation sites excluding steroid dienone is 4. The summed E-state index contributed by atoms with van der Waals surface area (Å²) in [4.78, 5) is 0. The molecule has 84 valence electrons. The molecular weight excluding hydrogens is 231 g/mol. The summed E-state index contributed by atoms with van der Waals surface area (Å²) >= 11 is 0. The van der Waals surface area contributed by atoms with Gasteiger partial charge in [-0.05, 0) is 35.7 Å². The van der Waals surface area contributed by atoms with Gasteiger partial charge < -0.3 is 10.1 Å². The normalized spacial score (nSPS) is 14.3. The van der Waals surface area contributed by atoms with Crippen LogP contribution in [0.1, 0.15) is 0 Å². The van der Waals surface area contributed by atoms with Gasteiger partial charge in [0.2, 0.25) is 0 Å². The first-order valence-corrected chi connectivity index (χ1v) is 5.56. The Morgan fingerprint density at radius 1 is 1.18 bits per heavy atom. The van der Waals surface area contributed by atoms with Crippen LogP contribution < -0.4 is 10.0 Å². The zero-order valence-corrected chi connectivity index (χ0v) is 10.1. The Morgan fingerprint density at radius 3 is 2.53 bits per heavy atom. The molecule has 0 amide bonds. The van der Waals surface area contributed by atoms with Crippen molar-refractivity contribution in [3.63, 3.8) is 0 Å². The fourth-order valence-corrected chi connectivity index (χ4v) is 1.54. The predicted molar refractivity (Wildman–Crippen MR) is 73.2 cm³/mol. The van der Waals surface area contributed by atoms with Gasteiger partial charge in [0.25, 0.3) is 0 Å². The van der Waals surface area contributed by atoms with Gasteiger partial charge in [-0.1, -0.05) is 12.1 Å². The van der Waals surface area contributed by atoms with Crippen LogP contribution in [0.4, 0.5) is 0 Å². The molecule has 3 nitrogen and oxygen atoms in total. The Hall–Kier alpha value is -1.95. The summed E-state index contributed by atoms with van der Waals surface area (Å²) in [5.74, 6) is 3.23. The maximum absolute atomic E-state index is 8.82. The molecule has 1 aromatic carbocycles. The second kappa shape index (κ2) is 4.92. The smallest absolute Gasteiger partial charge is 0.128 e. The Kier molecular flexibility index (Phi) is 3.34. The Bertz CT molecular complexity index is 564. The fraction of sp³-hybridized carbons (Fsp3) is 0. The maximum Gasteiger partial charge on any atom is 0.128 e. The number of hydrogen-bond donors (Lipinski definition) is 1. The first-order chi connectivity index (χ1) is 8.19. The highest BCUT2D eigenvalue weighted by atomic mass is 31.0. The lowest BCUT2D eigenvalue weighted by atomic mass is 10.1. The van der Waals surface area contributed by atoms with Crippen molar-refractivity contribution in [2.75, 3.05) is 0 Å². The Balaban J connectivity index is 2.20. The van der Waals surface area contributed by atoms with Crippen LogP contribution in [0.15, 0.2) is 53.8 Å². The van der Waals surface area contributed by atoms with E-state index in [1.807, 2.05) is 30.1 Å². The van der Waals surface area contributed by atoms with Gasteiger partial charge in [0.1, 0.15) is 11.5 Å². The molecule has 1 aliphatic rings. The van der Waals surface area contributed by atoms with E-state index in [4.69, 9.17) is 15.6 Å². The minimum absolute atomic E-state index is 0.208. The first-order valence-electron chi connectivity index (χ1n) is 4.98. The molecule has 1 aromatic rings. The van der Waals surface area contributed by atoms with Crippen molar-refractivity contribution in [3.8, 4) is 5.75 Å². The molecule has 0 heterocycles. The van der Waals surface area contributed by atoms with Gasteiger partial charge in [0.05, 0.1) is 5.71 Å². The number of hydrogen-bond acceptors (Lipinski definition) is 2. The SMILES string of the molecule is [N-]=C=C1C=C(Oc2ccc(P)cc2)C=CC1=N. The molecule has 17 heavy (non-hydrogen) atoms. The van der Waals surface area contributed by atoms with Gasteiger partial charge >= 0.3 is 0 Å². The molecule has 1 aliphatic carbocycles. The number of nitrogens with zero attached hydrogens (tertiary/aromatic N) is 1. The lowest BCUT2D eigenvalue weighted by molar-refractivity contribution is 0.444.